The topological polar surface area (TPSA) is 84.0 Å². The SMILES string of the molecule is O=C(NNC(=O)c1cc(-c2ccccc2Cl)nc2ccccc12)c1ccc(Cl)nc1. The molecule has 6 nitrogen and oxygen atoms in total. The van der Waals surface area contributed by atoms with Crippen LogP contribution in [0, 0.1) is 0 Å². The van der Waals surface area contributed by atoms with E-state index in [4.69, 9.17) is 23.2 Å². The molecule has 2 aromatic carbocycles. The number of carbonyl (C=O) groups is 2. The molecule has 0 saturated carbocycles. The second-order valence-electron chi connectivity index (χ2n) is 6.33. The van der Waals surface area contributed by atoms with Crippen LogP contribution < -0.4 is 10.9 Å². The number of nitrogens with one attached hydrogen (secondary N) is 2. The zero-order valence-electron chi connectivity index (χ0n) is 15.4. The smallest absolute Gasteiger partial charge is 0.267 e. The van der Waals surface area contributed by atoms with Gasteiger partial charge < -0.3 is 0 Å². The van der Waals surface area contributed by atoms with Crippen LogP contribution in [0.2, 0.25) is 10.2 Å². The molecule has 2 aromatic heterocycles. The summed E-state index contributed by atoms with van der Waals surface area (Å²) in [6.45, 7) is 0. The van der Waals surface area contributed by atoms with Crippen molar-refractivity contribution < 1.29 is 9.59 Å². The molecule has 148 valence electrons. The van der Waals surface area contributed by atoms with Crippen molar-refractivity contribution in [1.29, 1.82) is 0 Å². The predicted molar refractivity (Wildman–Crippen MR) is 116 cm³/mol. The zero-order chi connectivity index (χ0) is 21.1. The molecule has 0 bridgehead atoms. The lowest BCUT2D eigenvalue weighted by Gasteiger charge is -2.12. The highest BCUT2D eigenvalue weighted by Crippen LogP contribution is 2.29. The Morgan fingerprint density at radius 1 is 0.833 bits per heavy atom. The first kappa shape index (κ1) is 19.8. The average Bonchev–Trinajstić information content (AvgIpc) is 2.77. The normalized spacial score (nSPS) is 10.6. The summed E-state index contributed by atoms with van der Waals surface area (Å²) in [5, 5.41) is 1.44. The van der Waals surface area contributed by atoms with Gasteiger partial charge >= 0.3 is 0 Å². The highest BCUT2D eigenvalue weighted by Gasteiger charge is 2.16. The van der Waals surface area contributed by atoms with Crippen molar-refractivity contribution in [3.63, 3.8) is 0 Å². The molecule has 0 spiro atoms. The molecule has 2 heterocycles. The van der Waals surface area contributed by atoms with Gasteiger partial charge in [0.2, 0.25) is 0 Å². The van der Waals surface area contributed by atoms with Crippen molar-refractivity contribution in [2.45, 2.75) is 0 Å². The van der Waals surface area contributed by atoms with Crippen LogP contribution in [0.15, 0.2) is 72.9 Å². The lowest BCUT2D eigenvalue weighted by Crippen LogP contribution is -2.41. The van der Waals surface area contributed by atoms with Crippen LogP contribution in [-0.4, -0.2) is 21.8 Å². The third-order valence-corrected chi connectivity index (χ3v) is 4.94. The second kappa shape index (κ2) is 8.49. The highest BCUT2D eigenvalue weighted by molar-refractivity contribution is 6.33. The molecule has 0 fully saturated rings. The summed E-state index contributed by atoms with van der Waals surface area (Å²) in [6.07, 6.45) is 1.32. The number of hydrazine groups is 1. The van der Waals surface area contributed by atoms with Gasteiger partial charge in [0.25, 0.3) is 11.8 Å². The summed E-state index contributed by atoms with van der Waals surface area (Å²) in [7, 11) is 0. The first-order chi connectivity index (χ1) is 14.5. The molecule has 0 aliphatic heterocycles. The first-order valence-electron chi connectivity index (χ1n) is 8.90. The van der Waals surface area contributed by atoms with Gasteiger partial charge in [0.05, 0.1) is 22.3 Å². The van der Waals surface area contributed by atoms with Crippen molar-refractivity contribution in [3.8, 4) is 11.3 Å². The fourth-order valence-electron chi connectivity index (χ4n) is 2.93. The lowest BCUT2D eigenvalue weighted by atomic mass is 10.0. The summed E-state index contributed by atoms with van der Waals surface area (Å²) in [5.74, 6) is -1.01. The molecule has 0 aliphatic rings. The number of benzene rings is 2. The number of hydrogen-bond donors (Lipinski definition) is 2. The van der Waals surface area contributed by atoms with Gasteiger partial charge in [-0.25, -0.2) is 9.97 Å². The Bertz CT molecular complexity index is 1260. The Morgan fingerprint density at radius 2 is 1.57 bits per heavy atom. The number of aromatic nitrogens is 2. The molecule has 8 heteroatoms. The monoisotopic (exact) mass is 436 g/mol. The summed E-state index contributed by atoms with van der Waals surface area (Å²) in [5.41, 5.74) is 7.32. The van der Waals surface area contributed by atoms with Gasteiger partial charge in [-0.05, 0) is 30.3 Å². The third kappa shape index (κ3) is 4.10. The number of fused-ring (bicyclic) bond motifs is 1. The Hall–Kier alpha value is -3.48. The second-order valence-corrected chi connectivity index (χ2v) is 7.12. The molecule has 2 amide bonds. The Balaban J connectivity index is 1.65. The number of halogens is 2. The van der Waals surface area contributed by atoms with Crippen LogP contribution in [0.1, 0.15) is 20.7 Å². The summed E-state index contributed by atoms with van der Waals surface area (Å²) in [4.78, 5) is 33.6. The van der Waals surface area contributed by atoms with Gasteiger partial charge in [-0.3, -0.25) is 20.4 Å². The van der Waals surface area contributed by atoms with E-state index in [-0.39, 0.29) is 10.7 Å². The van der Waals surface area contributed by atoms with Crippen LogP contribution in [0.5, 0.6) is 0 Å². The van der Waals surface area contributed by atoms with Gasteiger partial charge in [-0.1, -0.05) is 59.6 Å². The molecule has 0 saturated heterocycles. The number of nitrogens with zero attached hydrogens (tertiary/aromatic N) is 2. The summed E-state index contributed by atoms with van der Waals surface area (Å²) >= 11 is 12.0. The van der Waals surface area contributed by atoms with Gasteiger partial charge in [-0.15, -0.1) is 0 Å². The third-order valence-electron chi connectivity index (χ3n) is 4.39. The van der Waals surface area contributed by atoms with Gasteiger partial charge in [0, 0.05) is 22.2 Å². The van der Waals surface area contributed by atoms with Crippen molar-refractivity contribution in [2.24, 2.45) is 0 Å². The van der Waals surface area contributed by atoms with Crippen molar-refractivity contribution in [2.75, 3.05) is 0 Å². The lowest BCUT2D eigenvalue weighted by molar-refractivity contribution is 0.0847. The average molecular weight is 437 g/mol. The van der Waals surface area contributed by atoms with E-state index < -0.39 is 11.8 Å². The van der Waals surface area contributed by atoms with E-state index in [1.165, 1.54) is 18.3 Å². The quantitative estimate of drug-likeness (QED) is 0.360. The number of pyridine rings is 2. The molecular formula is C22H14Cl2N4O2. The molecule has 4 aromatic rings. The minimum atomic E-state index is -0.516. The van der Waals surface area contributed by atoms with E-state index >= 15 is 0 Å². The van der Waals surface area contributed by atoms with E-state index in [9.17, 15) is 9.59 Å². The van der Waals surface area contributed by atoms with E-state index in [1.54, 1.807) is 18.2 Å². The first-order valence-corrected chi connectivity index (χ1v) is 9.65. The number of carbonyl (C=O) groups excluding carboxylic acids is 2. The van der Waals surface area contributed by atoms with Crippen LogP contribution in [0.25, 0.3) is 22.2 Å². The van der Waals surface area contributed by atoms with Crippen LogP contribution in [-0.2, 0) is 0 Å². The van der Waals surface area contributed by atoms with Crippen molar-refractivity contribution >= 4 is 45.9 Å². The molecule has 30 heavy (non-hydrogen) atoms. The van der Waals surface area contributed by atoms with Crippen LogP contribution in [0.4, 0.5) is 0 Å². The molecule has 0 radical (unpaired) electrons. The minimum Gasteiger partial charge on any atom is -0.267 e. The Labute approximate surface area is 181 Å². The van der Waals surface area contributed by atoms with Crippen molar-refractivity contribution in [3.05, 3.63) is 94.2 Å². The molecule has 4 rings (SSSR count). The number of hydrogen-bond acceptors (Lipinski definition) is 4. The van der Waals surface area contributed by atoms with Crippen molar-refractivity contribution in [1.82, 2.24) is 20.8 Å². The molecule has 0 aliphatic carbocycles. The van der Waals surface area contributed by atoms with Gasteiger partial charge in [-0.2, -0.15) is 0 Å². The summed E-state index contributed by atoms with van der Waals surface area (Å²) in [6, 6.07) is 19.2. The fourth-order valence-corrected chi connectivity index (χ4v) is 3.28. The number of amides is 2. The van der Waals surface area contributed by atoms with E-state index in [1.807, 2.05) is 36.4 Å². The van der Waals surface area contributed by atoms with E-state index in [0.29, 0.717) is 32.7 Å². The number of para-hydroxylation sites is 1. The van der Waals surface area contributed by atoms with Crippen LogP contribution in [0.3, 0.4) is 0 Å². The standard InChI is InChI=1S/C22H14Cl2N4O2/c23-17-7-3-1-6-15(17)19-11-16(14-5-2-4-8-18(14)26-19)22(30)28-27-21(29)13-9-10-20(24)25-12-13/h1-12H,(H,27,29)(H,28,30). The Kier molecular flexibility index (Phi) is 5.61. The maximum atomic E-state index is 12.9. The maximum absolute atomic E-state index is 12.9. The maximum Gasteiger partial charge on any atom is 0.271 e. The van der Waals surface area contributed by atoms with Crippen LogP contribution >= 0.6 is 23.2 Å². The molecule has 0 unspecified atom stereocenters. The van der Waals surface area contributed by atoms with E-state index in [2.05, 4.69) is 20.8 Å². The largest absolute Gasteiger partial charge is 0.271 e. The minimum absolute atomic E-state index is 0.260. The Morgan fingerprint density at radius 3 is 2.33 bits per heavy atom. The van der Waals surface area contributed by atoms with Gasteiger partial charge in [0.15, 0.2) is 0 Å². The summed E-state index contributed by atoms with van der Waals surface area (Å²) < 4.78 is 0. The number of rotatable bonds is 3. The van der Waals surface area contributed by atoms with Gasteiger partial charge in [0.1, 0.15) is 5.15 Å². The molecular weight excluding hydrogens is 423 g/mol. The molecule has 0 atom stereocenters. The predicted octanol–water partition coefficient (Wildman–Crippen LogP) is 4.68. The molecule has 2 N–H and O–H groups in total. The highest BCUT2D eigenvalue weighted by atomic mass is 35.5. The zero-order valence-corrected chi connectivity index (χ0v) is 16.9. The van der Waals surface area contributed by atoms with E-state index in [0.717, 1.165) is 0 Å². The fraction of sp³-hybridized carbons (Fsp3) is 0.